The Morgan fingerprint density at radius 3 is 2.17 bits per heavy atom. The lowest BCUT2D eigenvalue weighted by Gasteiger charge is -2.27. The van der Waals surface area contributed by atoms with Crippen molar-refractivity contribution in [2.75, 3.05) is 13.4 Å². The van der Waals surface area contributed by atoms with Gasteiger partial charge in [-0.2, -0.15) is 8.42 Å². The van der Waals surface area contributed by atoms with Gasteiger partial charge in [-0.15, -0.1) is 0 Å². The van der Waals surface area contributed by atoms with Gasteiger partial charge in [0.15, 0.2) is 5.79 Å². The predicted octanol–water partition coefficient (Wildman–Crippen LogP) is 0.516. The summed E-state index contributed by atoms with van der Waals surface area (Å²) < 4.78 is 44.6. The first-order valence-electron chi connectivity index (χ1n) is 5.91. The molecule has 2 rings (SSSR count). The lowest BCUT2D eigenvalue weighted by molar-refractivity contribution is -0.180. The molecule has 1 saturated carbocycles. The van der Waals surface area contributed by atoms with Gasteiger partial charge in [-0.05, 0) is 13.8 Å². The zero-order valence-electron chi connectivity index (χ0n) is 11.2. The summed E-state index contributed by atoms with van der Waals surface area (Å²) in [6.07, 6.45) is -0.493. The highest BCUT2D eigenvalue weighted by Crippen LogP contribution is 2.44. The molecule has 2 aliphatic rings. The Balaban J connectivity index is 2.21. The summed E-state index contributed by atoms with van der Waals surface area (Å²) >= 11 is 0. The van der Waals surface area contributed by atoms with Crippen molar-refractivity contribution in [3.63, 3.8) is 0 Å². The van der Waals surface area contributed by atoms with E-state index in [-0.39, 0.29) is 18.1 Å². The fourth-order valence-corrected chi connectivity index (χ4v) is 3.45. The average molecular weight is 280 g/mol. The number of hydrogen-bond donors (Lipinski definition) is 0. The molecule has 1 aliphatic heterocycles. The van der Waals surface area contributed by atoms with E-state index in [1.165, 1.54) is 7.11 Å². The largest absolute Gasteiger partial charge is 0.376 e. The number of rotatable bonds is 3. The van der Waals surface area contributed by atoms with Gasteiger partial charge < -0.3 is 14.2 Å². The molecule has 0 aromatic carbocycles. The van der Waals surface area contributed by atoms with Crippen LogP contribution in [0.2, 0.25) is 0 Å². The summed E-state index contributed by atoms with van der Waals surface area (Å²) in [4.78, 5) is 0. The summed E-state index contributed by atoms with van der Waals surface area (Å²) in [7, 11) is -2.01. The summed E-state index contributed by atoms with van der Waals surface area (Å²) in [6.45, 7) is 5.55. The summed E-state index contributed by atoms with van der Waals surface area (Å²) in [6, 6.07) is 0. The number of fused-ring (bicyclic) bond motifs is 1. The molecule has 6 nitrogen and oxygen atoms in total. The Labute approximate surface area is 108 Å². The van der Waals surface area contributed by atoms with E-state index in [2.05, 4.69) is 0 Å². The third-order valence-electron chi connectivity index (χ3n) is 3.41. The van der Waals surface area contributed by atoms with Gasteiger partial charge in [0, 0.05) is 13.0 Å². The van der Waals surface area contributed by atoms with Gasteiger partial charge >= 0.3 is 0 Å². The standard InChI is InChI=1S/C11H20O6S/c1-6-7-10(16-11(2,3)15-7)9(14-4)8(6)17-18(5,12)13/h6-10H,1-5H3/t6-,7-,8-,9-,10-/m0/s1. The number of hydrogen-bond acceptors (Lipinski definition) is 6. The molecule has 0 aromatic rings. The van der Waals surface area contributed by atoms with Crippen LogP contribution in [-0.4, -0.2) is 52.0 Å². The maximum atomic E-state index is 11.3. The van der Waals surface area contributed by atoms with Crippen molar-refractivity contribution < 1.29 is 26.8 Å². The Morgan fingerprint density at radius 2 is 1.67 bits per heavy atom. The van der Waals surface area contributed by atoms with Crippen LogP contribution < -0.4 is 0 Å². The highest BCUT2D eigenvalue weighted by atomic mass is 32.2. The monoisotopic (exact) mass is 280 g/mol. The molecule has 5 atom stereocenters. The zero-order valence-corrected chi connectivity index (χ0v) is 12.1. The normalized spacial score (nSPS) is 43.1. The molecule has 0 amide bonds. The van der Waals surface area contributed by atoms with Crippen LogP contribution >= 0.6 is 0 Å². The second kappa shape index (κ2) is 4.42. The smallest absolute Gasteiger partial charge is 0.264 e. The van der Waals surface area contributed by atoms with Crippen LogP contribution in [0.3, 0.4) is 0 Å². The Morgan fingerprint density at radius 1 is 1.11 bits per heavy atom. The second-order valence-electron chi connectivity index (χ2n) is 5.39. The van der Waals surface area contributed by atoms with Crippen molar-refractivity contribution >= 4 is 10.1 Å². The van der Waals surface area contributed by atoms with Crippen molar-refractivity contribution in [3.05, 3.63) is 0 Å². The van der Waals surface area contributed by atoms with E-state index in [0.29, 0.717) is 0 Å². The third kappa shape index (κ3) is 2.55. The molecule has 0 unspecified atom stereocenters. The highest BCUT2D eigenvalue weighted by molar-refractivity contribution is 7.86. The van der Waals surface area contributed by atoms with Gasteiger partial charge in [-0.1, -0.05) is 6.92 Å². The molecule has 0 radical (unpaired) electrons. The maximum Gasteiger partial charge on any atom is 0.264 e. The first-order valence-corrected chi connectivity index (χ1v) is 7.73. The van der Waals surface area contributed by atoms with Crippen LogP contribution in [0.5, 0.6) is 0 Å². The Bertz CT molecular complexity index is 417. The highest BCUT2D eigenvalue weighted by Gasteiger charge is 2.59. The van der Waals surface area contributed by atoms with Crippen LogP contribution in [0, 0.1) is 5.92 Å². The first kappa shape index (κ1) is 14.2. The predicted molar refractivity (Wildman–Crippen MR) is 63.5 cm³/mol. The molecule has 0 bridgehead atoms. The van der Waals surface area contributed by atoms with E-state index in [9.17, 15) is 8.42 Å². The Hall–Kier alpha value is -0.210. The second-order valence-corrected chi connectivity index (χ2v) is 6.99. The molecule has 0 aromatic heterocycles. The van der Waals surface area contributed by atoms with Crippen molar-refractivity contribution in [2.45, 2.75) is 51.0 Å². The van der Waals surface area contributed by atoms with Crippen LogP contribution in [0.15, 0.2) is 0 Å². The van der Waals surface area contributed by atoms with Gasteiger partial charge in [0.1, 0.15) is 18.3 Å². The van der Waals surface area contributed by atoms with Gasteiger partial charge in [0.25, 0.3) is 10.1 Å². The van der Waals surface area contributed by atoms with Crippen LogP contribution in [-0.2, 0) is 28.5 Å². The van der Waals surface area contributed by atoms with Gasteiger partial charge in [-0.25, -0.2) is 0 Å². The van der Waals surface area contributed by atoms with E-state index in [1.807, 2.05) is 20.8 Å². The van der Waals surface area contributed by atoms with Crippen molar-refractivity contribution in [1.29, 1.82) is 0 Å². The van der Waals surface area contributed by atoms with Crippen molar-refractivity contribution in [2.24, 2.45) is 5.92 Å². The van der Waals surface area contributed by atoms with E-state index in [4.69, 9.17) is 18.4 Å². The van der Waals surface area contributed by atoms with Crippen LogP contribution in [0.1, 0.15) is 20.8 Å². The van der Waals surface area contributed by atoms with Crippen molar-refractivity contribution in [1.82, 2.24) is 0 Å². The summed E-state index contributed by atoms with van der Waals surface area (Å²) in [5.41, 5.74) is 0. The zero-order chi connectivity index (χ0) is 13.7. The minimum absolute atomic E-state index is 0.114. The topological polar surface area (TPSA) is 71.1 Å². The van der Waals surface area contributed by atoms with Crippen LogP contribution in [0.4, 0.5) is 0 Å². The fraction of sp³-hybridized carbons (Fsp3) is 1.00. The number of methoxy groups -OCH3 is 1. The summed E-state index contributed by atoms with van der Waals surface area (Å²) in [5.74, 6) is -0.785. The quantitative estimate of drug-likeness (QED) is 0.702. The minimum atomic E-state index is -3.53. The van der Waals surface area contributed by atoms with Gasteiger partial charge in [0.2, 0.25) is 0 Å². The molecule has 1 heterocycles. The molecule has 106 valence electrons. The molecule has 1 aliphatic carbocycles. The molecule has 1 saturated heterocycles. The molecule has 0 spiro atoms. The molecule has 0 N–H and O–H groups in total. The first-order chi connectivity index (χ1) is 8.14. The average Bonchev–Trinajstić information content (AvgIpc) is 2.60. The maximum absolute atomic E-state index is 11.3. The SMILES string of the molecule is CO[C@@H]1[C@H]2OC(C)(C)O[C@H]2[C@H](C)[C@@H]1OS(C)(=O)=O. The van der Waals surface area contributed by atoms with E-state index in [1.54, 1.807) is 0 Å². The summed E-state index contributed by atoms with van der Waals surface area (Å²) in [5, 5.41) is 0. The molecule has 18 heavy (non-hydrogen) atoms. The molecule has 2 fully saturated rings. The Kier molecular flexibility index (Phi) is 3.48. The fourth-order valence-electron chi connectivity index (χ4n) is 2.76. The lowest BCUT2D eigenvalue weighted by atomic mass is 10.1. The molecule has 7 heteroatoms. The van der Waals surface area contributed by atoms with Crippen LogP contribution in [0.25, 0.3) is 0 Å². The lowest BCUT2D eigenvalue weighted by Crippen LogP contribution is -2.39. The molecular formula is C11H20O6S. The van der Waals surface area contributed by atoms with Gasteiger partial charge in [-0.3, -0.25) is 4.18 Å². The van der Waals surface area contributed by atoms with E-state index in [0.717, 1.165) is 6.26 Å². The van der Waals surface area contributed by atoms with Crippen molar-refractivity contribution in [3.8, 4) is 0 Å². The molecular weight excluding hydrogens is 260 g/mol. The minimum Gasteiger partial charge on any atom is -0.376 e. The number of ether oxygens (including phenoxy) is 3. The van der Waals surface area contributed by atoms with Gasteiger partial charge in [0.05, 0.1) is 12.4 Å². The third-order valence-corrected chi connectivity index (χ3v) is 3.98. The van der Waals surface area contributed by atoms with E-state index < -0.39 is 28.1 Å². The van der Waals surface area contributed by atoms with E-state index >= 15 is 0 Å².